The van der Waals surface area contributed by atoms with Crippen molar-refractivity contribution in [3.05, 3.63) is 64.7 Å². The van der Waals surface area contributed by atoms with Crippen LogP contribution in [0.25, 0.3) is 0 Å². The molecule has 0 aliphatic rings. The van der Waals surface area contributed by atoms with Crippen molar-refractivity contribution < 1.29 is 4.74 Å². The predicted octanol–water partition coefficient (Wildman–Crippen LogP) is 5.73. The van der Waals surface area contributed by atoms with Crippen molar-refractivity contribution in [3.63, 3.8) is 0 Å². The van der Waals surface area contributed by atoms with Crippen molar-refractivity contribution >= 4 is 35.2 Å². The Balaban J connectivity index is 0.000000887. The second kappa shape index (κ2) is 16.3. The van der Waals surface area contributed by atoms with Crippen molar-refractivity contribution in [2.75, 3.05) is 19.0 Å². The van der Waals surface area contributed by atoms with Gasteiger partial charge in [0.1, 0.15) is 0 Å². The summed E-state index contributed by atoms with van der Waals surface area (Å²) in [5.41, 5.74) is 15.6. The number of allylic oxidation sites excluding steroid dienone is 3. The van der Waals surface area contributed by atoms with Crippen molar-refractivity contribution in [2.45, 2.75) is 40.5 Å². The van der Waals surface area contributed by atoms with E-state index in [1.165, 1.54) is 11.8 Å². The monoisotopic (exact) mass is 421 g/mol. The van der Waals surface area contributed by atoms with E-state index in [-0.39, 0.29) is 0 Å². The third kappa shape index (κ3) is 12.0. The number of aryl methyl sites for hydroxylation is 1. The van der Waals surface area contributed by atoms with E-state index in [2.05, 4.69) is 38.0 Å². The van der Waals surface area contributed by atoms with Crippen LogP contribution in [0.2, 0.25) is 0 Å². The van der Waals surface area contributed by atoms with Gasteiger partial charge in [-0.15, -0.1) is 12.6 Å². The molecule has 4 N–H and O–H groups in total. The molecule has 0 heterocycles. The zero-order chi connectivity index (χ0) is 21.4. The fourth-order valence-electron chi connectivity index (χ4n) is 1.89. The van der Waals surface area contributed by atoms with Gasteiger partial charge in [0.05, 0.1) is 5.69 Å². The minimum Gasteiger partial charge on any atom is -0.401 e. The lowest BCUT2D eigenvalue weighted by atomic mass is 10.2. The molecule has 0 spiro atoms. The van der Waals surface area contributed by atoms with Crippen LogP contribution in [0.1, 0.15) is 39.2 Å². The van der Waals surface area contributed by atoms with E-state index in [1.807, 2.05) is 38.1 Å². The number of thiol groups is 1. The molecule has 6 heteroatoms. The summed E-state index contributed by atoms with van der Waals surface area (Å²) in [5.74, 6) is 0.572. The highest BCUT2D eigenvalue weighted by Gasteiger charge is 2.04. The number of hydrogen-bond acceptors (Lipinski definition) is 5. The molecule has 1 aromatic rings. The highest BCUT2D eigenvalue weighted by Crippen LogP contribution is 2.21. The Labute approximate surface area is 180 Å². The molecule has 156 valence electrons. The zero-order valence-electron chi connectivity index (χ0n) is 17.6. The zero-order valence-corrected chi connectivity index (χ0v) is 19.3. The molecule has 0 unspecified atom stereocenters. The largest absolute Gasteiger partial charge is 0.401 e. The first-order valence-corrected chi connectivity index (χ1v) is 10.9. The Morgan fingerprint density at radius 3 is 2.36 bits per heavy atom. The number of para-hydroxylation sites is 1. The van der Waals surface area contributed by atoms with Gasteiger partial charge >= 0.3 is 0 Å². The van der Waals surface area contributed by atoms with Gasteiger partial charge in [0.15, 0.2) is 5.17 Å². The summed E-state index contributed by atoms with van der Waals surface area (Å²) in [7, 11) is 0. The van der Waals surface area contributed by atoms with Crippen LogP contribution in [-0.2, 0) is 4.74 Å². The maximum atomic E-state index is 6.04. The summed E-state index contributed by atoms with van der Waals surface area (Å²) in [6.07, 6.45) is 5.76. The molecule has 1 aromatic carbocycles. The van der Waals surface area contributed by atoms with E-state index in [0.29, 0.717) is 10.9 Å². The molecule has 0 bridgehead atoms. The maximum Gasteiger partial charge on any atom is 0.159 e. The summed E-state index contributed by atoms with van der Waals surface area (Å²) in [4.78, 5) is 5.20. The summed E-state index contributed by atoms with van der Waals surface area (Å²) < 4.78 is 5.13. The number of amidine groups is 1. The molecule has 28 heavy (non-hydrogen) atoms. The van der Waals surface area contributed by atoms with E-state index >= 15 is 0 Å². The van der Waals surface area contributed by atoms with Crippen LogP contribution in [0.15, 0.2) is 64.2 Å². The summed E-state index contributed by atoms with van der Waals surface area (Å²) in [5, 5.41) is 0.494. The van der Waals surface area contributed by atoms with Gasteiger partial charge in [-0.05, 0) is 50.0 Å². The van der Waals surface area contributed by atoms with Gasteiger partial charge < -0.3 is 16.2 Å². The number of nitrogens with zero attached hydrogens (tertiary/aromatic N) is 1. The Morgan fingerprint density at radius 2 is 1.82 bits per heavy atom. The molecule has 4 nitrogen and oxygen atoms in total. The highest BCUT2D eigenvalue weighted by molar-refractivity contribution is 8.13. The second-order valence-corrected chi connectivity index (χ2v) is 7.55. The van der Waals surface area contributed by atoms with E-state index in [0.717, 1.165) is 53.5 Å². The van der Waals surface area contributed by atoms with Crippen LogP contribution >= 0.6 is 24.4 Å². The number of rotatable bonds is 9. The predicted molar refractivity (Wildman–Crippen MR) is 130 cm³/mol. The molecule has 0 saturated carbocycles. The van der Waals surface area contributed by atoms with Crippen LogP contribution in [-0.4, -0.2) is 24.1 Å². The fourth-order valence-corrected chi connectivity index (χ4v) is 2.82. The molecule has 0 fully saturated rings. The van der Waals surface area contributed by atoms with E-state index in [4.69, 9.17) is 16.2 Å². The summed E-state index contributed by atoms with van der Waals surface area (Å²) in [6.45, 7) is 13.7. The quantitative estimate of drug-likeness (QED) is 0.156. The van der Waals surface area contributed by atoms with Crippen LogP contribution in [0.5, 0.6) is 0 Å². The summed E-state index contributed by atoms with van der Waals surface area (Å²) in [6, 6.07) is 7.85. The van der Waals surface area contributed by atoms with Gasteiger partial charge in [-0.3, -0.25) is 0 Å². The van der Waals surface area contributed by atoms with Crippen LogP contribution in [0, 0.1) is 6.92 Å². The molecule has 0 radical (unpaired) electrons. The minimum atomic E-state index is 0.494. The third-order valence-electron chi connectivity index (χ3n) is 3.56. The lowest BCUT2D eigenvalue weighted by Crippen LogP contribution is -2.11. The first-order valence-electron chi connectivity index (χ1n) is 9.44. The first kappa shape index (κ1) is 26.4. The average molecular weight is 422 g/mol. The Hall–Kier alpha value is -1.63. The molecule has 0 atom stereocenters. The number of thioether (sulfide) groups is 1. The molecule has 0 aliphatic carbocycles. The lowest BCUT2D eigenvalue weighted by Gasteiger charge is -2.07. The molecular weight excluding hydrogens is 386 g/mol. The first-order chi connectivity index (χ1) is 13.4. The van der Waals surface area contributed by atoms with Crippen LogP contribution in [0.4, 0.5) is 5.69 Å². The third-order valence-corrected chi connectivity index (χ3v) is 4.89. The van der Waals surface area contributed by atoms with E-state index in [1.54, 1.807) is 12.2 Å². The van der Waals surface area contributed by atoms with Gasteiger partial charge in [-0.1, -0.05) is 56.5 Å². The van der Waals surface area contributed by atoms with Gasteiger partial charge in [-0.2, -0.15) is 0 Å². The maximum absolute atomic E-state index is 6.04. The van der Waals surface area contributed by atoms with Gasteiger partial charge in [0, 0.05) is 29.6 Å². The molecule has 1 rings (SSSR count). The van der Waals surface area contributed by atoms with Crippen molar-refractivity contribution in [1.82, 2.24) is 0 Å². The summed E-state index contributed by atoms with van der Waals surface area (Å²) >= 11 is 5.77. The Morgan fingerprint density at radius 1 is 1.21 bits per heavy atom. The van der Waals surface area contributed by atoms with E-state index < -0.39 is 0 Å². The highest BCUT2D eigenvalue weighted by atomic mass is 32.2. The number of ether oxygens (including phenoxy) is 1. The number of hydrogen-bond donors (Lipinski definition) is 3. The smallest absolute Gasteiger partial charge is 0.159 e. The molecular formula is C22H35N3OS2. The van der Waals surface area contributed by atoms with Gasteiger partial charge in [-0.25, -0.2) is 4.99 Å². The minimum absolute atomic E-state index is 0.494. The Kier molecular flexibility index (Phi) is 15.4. The topological polar surface area (TPSA) is 73.6 Å². The molecule has 0 amide bonds. The van der Waals surface area contributed by atoms with Gasteiger partial charge in [0.25, 0.3) is 0 Å². The fraction of sp³-hybridized carbons (Fsp3) is 0.409. The second-order valence-electron chi connectivity index (χ2n) is 6.08. The van der Waals surface area contributed by atoms with Crippen molar-refractivity contribution in [2.24, 2.45) is 16.5 Å². The Bertz CT molecular complexity index is 678. The normalized spacial score (nSPS) is 12.8. The van der Waals surface area contributed by atoms with Crippen molar-refractivity contribution in [1.29, 1.82) is 0 Å². The lowest BCUT2D eigenvalue weighted by molar-refractivity contribution is 0.135. The van der Waals surface area contributed by atoms with Crippen molar-refractivity contribution in [3.8, 4) is 0 Å². The number of nitrogens with two attached hydrogens (primary N) is 2. The van der Waals surface area contributed by atoms with Crippen LogP contribution < -0.4 is 11.5 Å². The standard InChI is InChI=1S/C16H21N3S2.C6H14O/c1-4-7-15(20)12(3)13(17)10-21-16(18)19-14-9-6-5-8-11(14)2;1-3-5-7-6-4-2/h4-9,20H,1,10,17H2,2-3H3,(H2,18,19);3-6H2,1-2H3/b13-12-,15-7+;. The molecule has 0 saturated heterocycles. The molecule has 0 aliphatic heterocycles. The van der Waals surface area contributed by atoms with Crippen LogP contribution in [0.3, 0.4) is 0 Å². The molecule has 0 aromatic heterocycles. The SMILES string of the molecule is C=C/C=C(S)\C(C)=C(/N)CSC(N)=Nc1ccccc1C.CCCOCCC. The van der Waals surface area contributed by atoms with E-state index in [9.17, 15) is 0 Å². The number of benzene rings is 1. The van der Waals surface area contributed by atoms with Gasteiger partial charge in [0.2, 0.25) is 0 Å². The average Bonchev–Trinajstić information content (AvgIpc) is 2.68. The number of aliphatic imine (C=N–C) groups is 1.